The monoisotopic (exact) mass is 244 g/mol. The second-order valence-corrected chi connectivity index (χ2v) is 4.99. The van der Waals surface area contributed by atoms with Crippen molar-refractivity contribution in [3.05, 3.63) is 29.3 Å². The van der Waals surface area contributed by atoms with E-state index in [1.165, 1.54) is 25.7 Å². The summed E-state index contributed by atoms with van der Waals surface area (Å²) in [5.41, 5.74) is 1.80. The molecular formula is C15H20N2O. The normalized spacial score (nSPS) is 15.9. The zero-order valence-electron chi connectivity index (χ0n) is 11.1. The fraction of sp³-hybridized carbons (Fsp3) is 0.533. The van der Waals surface area contributed by atoms with E-state index in [2.05, 4.69) is 18.0 Å². The van der Waals surface area contributed by atoms with Gasteiger partial charge >= 0.3 is 0 Å². The van der Waals surface area contributed by atoms with Crippen LogP contribution in [0.1, 0.15) is 36.8 Å². The summed E-state index contributed by atoms with van der Waals surface area (Å²) in [6.45, 7) is 0.851. The number of hydrogen-bond acceptors (Lipinski definition) is 3. The first-order chi connectivity index (χ1) is 8.74. The second kappa shape index (κ2) is 5.88. The van der Waals surface area contributed by atoms with Gasteiger partial charge in [0.15, 0.2) is 0 Å². The molecule has 0 amide bonds. The highest BCUT2D eigenvalue weighted by molar-refractivity contribution is 5.42. The third-order valence-corrected chi connectivity index (χ3v) is 3.78. The van der Waals surface area contributed by atoms with Crippen molar-refractivity contribution >= 4 is 0 Å². The van der Waals surface area contributed by atoms with Gasteiger partial charge in [-0.2, -0.15) is 5.26 Å². The van der Waals surface area contributed by atoms with Crippen LogP contribution in [0.5, 0.6) is 5.75 Å². The van der Waals surface area contributed by atoms with Crippen molar-refractivity contribution in [2.24, 2.45) is 0 Å². The molecule has 96 valence electrons. The first-order valence-electron chi connectivity index (χ1n) is 6.52. The van der Waals surface area contributed by atoms with E-state index in [-0.39, 0.29) is 0 Å². The highest BCUT2D eigenvalue weighted by atomic mass is 16.5. The molecule has 2 rings (SSSR count). The van der Waals surface area contributed by atoms with E-state index in [0.29, 0.717) is 11.6 Å². The molecule has 1 aromatic carbocycles. The number of nitriles is 1. The molecule has 0 heterocycles. The highest BCUT2D eigenvalue weighted by Crippen LogP contribution is 2.26. The lowest BCUT2D eigenvalue weighted by atomic mass is 10.1. The fourth-order valence-corrected chi connectivity index (χ4v) is 2.71. The summed E-state index contributed by atoms with van der Waals surface area (Å²) in [6, 6.07) is 8.49. The predicted molar refractivity (Wildman–Crippen MR) is 71.4 cm³/mol. The van der Waals surface area contributed by atoms with Crippen molar-refractivity contribution in [3.63, 3.8) is 0 Å². The highest BCUT2D eigenvalue weighted by Gasteiger charge is 2.20. The van der Waals surface area contributed by atoms with Gasteiger partial charge in [0.25, 0.3) is 0 Å². The summed E-state index contributed by atoms with van der Waals surface area (Å²) in [5.74, 6) is 0.874. The number of ether oxygens (including phenoxy) is 1. The summed E-state index contributed by atoms with van der Waals surface area (Å²) in [4.78, 5) is 2.38. The van der Waals surface area contributed by atoms with E-state index in [0.717, 1.165) is 17.9 Å². The van der Waals surface area contributed by atoms with Crippen LogP contribution in [-0.4, -0.2) is 25.1 Å². The Balaban J connectivity index is 2.13. The number of benzene rings is 1. The van der Waals surface area contributed by atoms with Crippen LogP contribution in [0.4, 0.5) is 0 Å². The minimum absolute atomic E-state index is 0.681. The van der Waals surface area contributed by atoms with Gasteiger partial charge in [-0.3, -0.25) is 4.90 Å². The molecular weight excluding hydrogens is 224 g/mol. The van der Waals surface area contributed by atoms with Crippen molar-refractivity contribution in [3.8, 4) is 11.8 Å². The van der Waals surface area contributed by atoms with E-state index >= 15 is 0 Å². The number of nitrogens with zero attached hydrogens (tertiary/aromatic N) is 2. The predicted octanol–water partition coefficient (Wildman–Crippen LogP) is 2.94. The largest absolute Gasteiger partial charge is 0.496 e. The van der Waals surface area contributed by atoms with E-state index in [1.54, 1.807) is 13.2 Å². The lowest BCUT2D eigenvalue weighted by molar-refractivity contribution is 0.234. The zero-order chi connectivity index (χ0) is 13.0. The van der Waals surface area contributed by atoms with Crippen LogP contribution >= 0.6 is 0 Å². The average Bonchev–Trinajstić information content (AvgIpc) is 2.92. The van der Waals surface area contributed by atoms with Crippen LogP contribution in [0, 0.1) is 11.3 Å². The van der Waals surface area contributed by atoms with Gasteiger partial charge in [-0.15, -0.1) is 0 Å². The minimum atomic E-state index is 0.681. The molecule has 1 fully saturated rings. The number of rotatable bonds is 4. The number of hydrogen-bond donors (Lipinski definition) is 0. The van der Waals surface area contributed by atoms with Crippen LogP contribution in [-0.2, 0) is 6.54 Å². The Labute approximate surface area is 109 Å². The first-order valence-corrected chi connectivity index (χ1v) is 6.52. The van der Waals surface area contributed by atoms with Crippen LogP contribution in [0.3, 0.4) is 0 Å². The minimum Gasteiger partial charge on any atom is -0.496 e. The maximum Gasteiger partial charge on any atom is 0.123 e. The molecule has 0 bridgehead atoms. The molecule has 0 spiro atoms. The van der Waals surface area contributed by atoms with Crippen molar-refractivity contribution < 1.29 is 4.74 Å². The van der Waals surface area contributed by atoms with Gasteiger partial charge in [0.05, 0.1) is 18.7 Å². The van der Waals surface area contributed by atoms with Gasteiger partial charge < -0.3 is 4.74 Å². The molecule has 0 unspecified atom stereocenters. The molecule has 1 aliphatic carbocycles. The van der Waals surface area contributed by atoms with Gasteiger partial charge in [-0.1, -0.05) is 12.8 Å². The van der Waals surface area contributed by atoms with Crippen molar-refractivity contribution in [1.82, 2.24) is 4.90 Å². The lowest BCUT2D eigenvalue weighted by Crippen LogP contribution is -2.28. The summed E-state index contributed by atoms with van der Waals surface area (Å²) in [5, 5.41) is 8.97. The molecule has 1 aliphatic rings. The van der Waals surface area contributed by atoms with Crippen LogP contribution in [0.15, 0.2) is 18.2 Å². The van der Waals surface area contributed by atoms with Crippen LogP contribution in [0.2, 0.25) is 0 Å². The molecule has 3 heteroatoms. The summed E-state index contributed by atoms with van der Waals surface area (Å²) in [6.07, 6.45) is 5.25. The maximum atomic E-state index is 8.97. The molecule has 0 aliphatic heterocycles. The Kier molecular flexibility index (Phi) is 4.22. The standard InChI is InChI=1S/C15H20N2O/c1-17(14-5-3-4-6-14)11-13-9-12(10-16)7-8-15(13)18-2/h7-9,14H,3-6,11H2,1-2H3. The van der Waals surface area contributed by atoms with E-state index in [1.807, 2.05) is 12.1 Å². The van der Waals surface area contributed by atoms with Crippen molar-refractivity contribution in [1.29, 1.82) is 5.26 Å². The molecule has 18 heavy (non-hydrogen) atoms. The number of methoxy groups -OCH3 is 1. The van der Waals surface area contributed by atoms with Gasteiger partial charge in [-0.25, -0.2) is 0 Å². The molecule has 0 saturated heterocycles. The average molecular weight is 244 g/mol. The van der Waals surface area contributed by atoms with Crippen molar-refractivity contribution in [2.75, 3.05) is 14.2 Å². The summed E-state index contributed by atoms with van der Waals surface area (Å²) < 4.78 is 5.37. The van der Waals surface area contributed by atoms with Crippen LogP contribution in [0.25, 0.3) is 0 Å². The third kappa shape index (κ3) is 2.83. The smallest absolute Gasteiger partial charge is 0.123 e. The summed E-state index contributed by atoms with van der Waals surface area (Å²) in [7, 11) is 3.84. The van der Waals surface area contributed by atoms with Gasteiger partial charge in [0.1, 0.15) is 5.75 Å². The molecule has 0 aromatic heterocycles. The molecule has 1 aromatic rings. The van der Waals surface area contributed by atoms with Gasteiger partial charge in [0, 0.05) is 18.2 Å². The second-order valence-electron chi connectivity index (χ2n) is 4.99. The summed E-state index contributed by atoms with van der Waals surface area (Å²) >= 11 is 0. The Morgan fingerprint density at radius 3 is 2.72 bits per heavy atom. The van der Waals surface area contributed by atoms with E-state index < -0.39 is 0 Å². The SMILES string of the molecule is COc1ccc(C#N)cc1CN(C)C1CCCC1. The quantitative estimate of drug-likeness (QED) is 0.817. The Bertz CT molecular complexity index is 444. The van der Waals surface area contributed by atoms with Crippen molar-refractivity contribution in [2.45, 2.75) is 38.3 Å². The molecule has 3 nitrogen and oxygen atoms in total. The third-order valence-electron chi connectivity index (χ3n) is 3.78. The molecule has 0 atom stereocenters. The van der Waals surface area contributed by atoms with Crippen LogP contribution < -0.4 is 4.74 Å². The molecule has 0 N–H and O–H groups in total. The first kappa shape index (κ1) is 12.9. The van der Waals surface area contributed by atoms with Gasteiger partial charge in [-0.05, 0) is 38.1 Å². The Morgan fingerprint density at radius 1 is 1.39 bits per heavy atom. The maximum absolute atomic E-state index is 8.97. The zero-order valence-corrected chi connectivity index (χ0v) is 11.1. The van der Waals surface area contributed by atoms with E-state index in [4.69, 9.17) is 10.00 Å². The lowest BCUT2D eigenvalue weighted by Gasteiger charge is -2.24. The fourth-order valence-electron chi connectivity index (χ4n) is 2.71. The van der Waals surface area contributed by atoms with E-state index in [9.17, 15) is 0 Å². The molecule has 1 saturated carbocycles. The topological polar surface area (TPSA) is 36.3 Å². The van der Waals surface area contributed by atoms with Gasteiger partial charge in [0.2, 0.25) is 0 Å². The Hall–Kier alpha value is -1.53. The Morgan fingerprint density at radius 2 is 2.11 bits per heavy atom. The molecule has 0 radical (unpaired) electrons.